The van der Waals surface area contributed by atoms with Gasteiger partial charge in [0, 0.05) is 30.1 Å². The monoisotopic (exact) mass is 355 g/mol. The van der Waals surface area contributed by atoms with Crippen LogP contribution in [0.25, 0.3) is 16.9 Å². The van der Waals surface area contributed by atoms with Crippen LogP contribution in [0.5, 0.6) is 5.75 Å². The molecule has 3 rings (SSSR count). The van der Waals surface area contributed by atoms with Crippen LogP contribution in [0.15, 0.2) is 43.4 Å². The van der Waals surface area contributed by atoms with Gasteiger partial charge >= 0.3 is 0 Å². The van der Waals surface area contributed by atoms with E-state index in [0.717, 1.165) is 12.2 Å². The highest BCUT2D eigenvalue weighted by atomic mass is 19.1. The van der Waals surface area contributed by atoms with Gasteiger partial charge in [0.25, 0.3) is 0 Å². The molecule has 3 aromatic heterocycles. The zero-order chi connectivity index (χ0) is 18.5. The smallest absolute Gasteiger partial charge is 0.196 e. The molecular weight excluding hydrogens is 333 g/mol. The number of hydrogen-bond acceptors (Lipinski definition) is 5. The standard InChI is InChI=1S/C19H22FN5O/c1-4-6-9-26-18-11-17(24-25-8-7-22-19(18)25)14-10-16(13(3)21-5-2)23-12-15(14)20/h4,7-8,10-13,21H,1,5-6,9H2,2-3H3. The van der Waals surface area contributed by atoms with Gasteiger partial charge in [-0.3, -0.25) is 4.98 Å². The van der Waals surface area contributed by atoms with Crippen molar-refractivity contribution in [1.82, 2.24) is 24.9 Å². The Morgan fingerprint density at radius 2 is 2.23 bits per heavy atom. The molecule has 0 amide bonds. The summed E-state index contributed by atoms with van der Waals surface area (Å²) in [6.07, 6.45) is 7.06. The molecule has 1 atom stereocenters. The maximum absolute atomic E-state index is 14.5. The third kappa shape index (κ3) is 3.72. The largest absolute Gasteiger partial charge is 0.489 e. The van der Waals surface area contributed by atoms with Crippen LogP contribution in [0.4, 0.5) is 4.39 Å². The third-order valence-corrected chi connectivity index (χ3v) is 4.01. The molecule has 0 saturated carbocycles. The van der Waals surface area contributed by atoms with Crippen LogP contribution in [-0.2, 0) is 0 Å². The first kappa shape index (κ1) is 18.0. The van der Waals surface area contributed by atoms with E-state index in [9.17, 15) is 4.39 Å². The van der Waals surface area contributed by atoms with Gasteiger partial charge in [-0.1, -0.05) is 13.0 Å². The minimum Gasteiger partial charge on any atom is -0.489 e. The lowest BCUT2D eigenvalue weighted by molar-refractivity contribution is 0.326. The molecule has 26 heavy (non-hydrogen) atoms. The molecule has 1 unspecified atom stereocenters. The van der Waals surface area contributed by atoms with E-state index in [1.807, 2.05) is 13.8 Å². The fourth-order valence-corrected chi connectivity index (χ4v) is 2.68. The summed E-state index contributed by atoms with van der Waals surface area (Å²) in [4.78, 5) is 8.45. The number of rotatable bonds is 8. The summed E-state index contributed by atoms with van der Waals surface area (Å²) >= 11 is 0. The van der Waals surface area contributed by atoms with Crippen molar-refractivity contribution in [3.05, 3.63) is 54.9 Å². The molecule has 0 aliphatic heterocycles. The Balaban J connectivity index is 2.04. The highest BCUT2D eigenvalue weighted by Crippen LogP contribution is 2.28. The number of halogens is 1. The molecule has 0 aromatic carbocycles. The fourth-order valence-electron chi connectivity index (χ4n) is 2.68. The maximum Gasteiger partial charge on any atom is 0.196 e. The second-order valence-corrected chi connectivity index (χ2v) is 5.88. The average Bonchev–Trinajstić information content (AvgIpc) is 3.11. The van der Waals surface area contributed by atoms with E-state index in [2.05, 4.69) is 27.0 Å². The molecule has 6 nitrogen and oxygen atoms in total. The van der Waals surface area contributed by atoms with Crippen molar-refractivity contribution in [3.63, 3.8) is 0 Å². The number of imidazole rings is 1. The van der Waals surface area contributed by atoms with E-state index < -0.39 is 5.82 Å². The fraction of sp³-hybridized carbons (Fsp3) is 0.316. The van der Waals surface area contributed by atoms with Gasteiger partial charge in [0.1, 0.15) is 0 Å². The van der Waals surface area contributed by atoms with Crippen LogP contribution in [0.1, 0.15) is 32.0 Å². The molecule has 3 heterocycles. The Morgan fingerprint density at radius 3 is 3.00 bits per heavy atom. The lowest BCUT2D eigenvalue weighted by Crippen LogP contribution is -2.19. The zero-order valence-corrected chi connectivity index (χ0v) is 14.9. The van der Waals surface area contributed by atoms with Crippen LogP contribution in [0.3, 0.4) is 0 Å². The molecule has 1 N–H and O–H groups in total. The van der Waals surface area contributed by atoms with Crippen molar-refractivity contribution in [3.8, 4) is 17.0 Å². The molecule has 136 valence electrons. The average molecular weight is 355 g/mol. The van der Waals surface area contributed by atoms with Gasteiger partial charge in [0.2, 0.25) is 0 Å². The van der Waals surface area contributed by atoms with Crippen LogP contribution in [0.2, 0.25) is 0 Å². The minimum atomic E-state index is -0.429. The molecule has 0 aliphatic rings. The molecule has 0 fully saturated rings. The number of ether oxygens (including phenoxy) is 1. The molecular formula is C19H22FN5O. The van der Waals surface area contributed by atoms with Gasteiger partial charge in [0.15, 0.2) is 17.2 Å². The van der Waals surface area contributed by atoms with Gasteiger partial charge in [-0.2, -0.15) is 5.10 Å². The summed E-state index contributed by atoms with van der Waals surface area (Å²) < 4.78 is 21.8. The maximum atomic E-state index is 14.5. The number of nitrogens with zero attached hydrogens (tertiary/aromatic N) is 4. The van der Waals surface area contributed by atoms with Crippen molar-refractivity contribution in [2.45, 2.75) is 26.3 Å². The van der Waals surface area contributed by atoms with E-state index in [1.54, 1.807) is 35.1 Å². The molecule has 7 heteroatoms. The summed E-state index contributed by atoms with van der Waals surface area (Å²) in [5.41, 5.74) is 2.19. The third-order valence-electron chi connectivity index (χ3n) is 4.01. The quantitative estimate of drug-likeness (QED) is 0.494. The normalized spacial score (nSPS) is 12.3. The SMILES string of the molecule is C=CCCOc1cc(-c2cc(C(C)NCC)ncc2F)nn2ccnc12. The Bertz CT molecular complexity index is 908. The van der Waals surface area contributed by atoms with E-state index in [1.165, 1.54) is 6.20 Å². The van der Waals surface area contributed by atoms with Crippen LogP contribution >= 0.6 is 0 Å². The van der Waals surface area contributed by atoms with Crippen LogP contribution in [-0.4, -0.2) is 32.7 Å². The van der Waals surface area contributed by atoms with Gasteiger partial charge in [-0.15, -0.1) is 6.58 Å². The number of nitrogens with one attached hydrogen (secondary N) is 1. The van der Waals surface area contributed by atoms with Gasteiger partial charge in [-0.05, 0) is 26.0 Å². The lowest BCUT2D eigenvalue weighted by atomic mass is 10.1. The van der Waals surface area contributed by atoms with Crippen molar-refractivity contribution < 1.29 is 9.13 Å². The first-order valence-electron chi connectivity index (χ1n) is 8.61. The molecule has 0 bridgehead atoms. The summed E-state index contributed by atoms with van der Waals surface area (Å²) in [6, 6.07) is 3.45. The first-order valence-corrected chi connectivity index (χ1v) is 8.61. The Labute approximate surface area is 151 Å². The van der Waals surface area contributed by atoms with E-state index in [-0.39, 0.29) is 6.04 Å². The Kier molecular flexibility index (Phi) is 5.58. The molecule has 0 aliphatic carbocycles. The summed E-state index contributed by atoms with van der Waals surface area (Å²) in [5, 5.41) is 7.74. The molecule has 3 aromatic rings. The van der Waals surface area contributed by atoms with Gasteiger partial charge in [0.05, 0.1) is 24.2 Å². The highest BCUT2D eigenvalue weighted by Gasteiger charge is 2.16. The van der Waals surface area contributed by atoms with Gasteiger partial charge < -0.3 is 10.1 Å². The van der Waals surface area contributed by atoms with Gasteiger partial charge in [-0.25, -0.2) is 13.9 Å². The van der Waals surface area contributed by atoms with Crippen molar-refractivity contribution in [1.29, 1.82) is 0 Å². The summed E-state index contributed by atoms with van der Waals surface area (Å²) in [7, 11) is 0. The topological polar surface area (TPSA) is 64.3 Å². The molecule has 0 saturated heterocycles. The predicted molar refractivity (Wildman–Crippen MR) is 98.6 cm³/mol. The summed E-state index contributed by atoms with van der Waals surface area (Å²) in [6.45, 7) is 8.96. The Hall–Kier alpha value is -2.80. The summed E-state index contributed by atoms with van der Waals surface area (Å²) in [5.74, 6) is 0.126. The highest BCUT2D eigenvalue weighted by molar-refractivity contribution is 5.66. The number of hydrogen-bond donors (Lipinski definition) is 1. The van der Waals surface area contributed by atoms with Crippen molar-refractivity contribution in [2.75, 3.05) is 13.2 Å². The second kappa shape index (κ2) is 8.05. The molecule has 0 radical (unpaired) electrons. The molecule has 0 spiro atoms. The number of fused-ring (bicyclic) bond motifs is 1. The first-order chi connectivity index (χ1) is 12.6. The van der Waals surface area contributed by atoms with Crippen LogP contribution < -0.4 is 10.1 Å². The second-order valence-electron chi connectivity index (χ2n) is 5.88. The Morgan fingerprint density at radius 1 is 1.38 bits per heavy atom. The van der Waals surface area contributed by atoms with Crippen LogP contribution in [0, 0.1) is 5.82 Å². The number of pyridine rings is 1. The zero-order valence-electron chi connectivity index (χ0n) is 14.9. The van der Waals surface area contributed by atoms with Crippen molar-refractivity contribution >= 4 is 5.65 Å². The predicted octanol–water partition coefficient (Wildman–Crippen LogP) is 3.56. The minimum absolute atomic E-state index is 0.0136. The lowest BCUT2D eigenvalue weighted by Gasteiger charge is -2.14. The number of aromatic nitrogens is 4. The van der Waals surface area contributed by atoms with E-state index in [4.69, 9.17) is 4.74 Å². The van der Waals surface area contributed by atoms with Crippen molar-refractivity contribution in [2.24, 2.45) is 0 Å². The van der Waals surface area contributed by atoms with E-state index in [0.29, 0.717) is 35.7 Å². The van der Waals surface area contributed by atoms with E-state index >= 15 is 0 Å².